The smallest absolute Gasteiger partial charge is 0.293 e. The summed E-state index contributed by atoms with van der Waals surface area (Å²) in [5, 5.41) is 14.4. The van der Waals surface area contributed by atoms with E-state index < -0.39 is 4.92 Å². The topological polar surface area (TPSA) is 84.7 Å². The fourth-order valence-electron chi connectivity index (χ4n) is 3.46. The van der Waals surface area contributed by atoms with Crippen LogP contribution in [0.15, 0.2) is 42.5 Å². The lowest BCUT2D eigenvalue weighted by atomic mass is 10.0. The Hall–Kier alpha value is -3.00. The first-order chi connectivity index (χ1) is 13.5. The van der Waals surface area contributed by atoms with Crippen LogP contribution in [-0.4, -0.2) is 42.5 Å². The summed E-state index contributed by atoms with van der Waals surface area (Å²) in [6, 6.07) is 10.4. The maximum atomic E-state index is 13.2. The molecule has 1 atom stereocenters. The van der Waals surface area contributed by atoms with Crippen LogP contribution in [-0.2, 0) is 4.74 Å². The SMILES string of the molecule is COCCNc1ccc(C(=O)N2CCCC2c2ccc(F)cc2)cc1[N+](=O)[O-]. The van der Waals surface area contributed by atoms with Crippen molar-refractivity contribution in [3.63, 3.8) is 0 Å². The second kappa shape index (κ2) is 8.79. The quantitative estimate of drug-likeness (QED) is 0.444. The third-order valence-electron chi connectivity index (χ3n) is 4.83. The summed E-state index contributed by atoms with van der Waals surface area (Å²) in [4.78, 5) is 25.7. The summed E-state index contributed by atoms with van der Waals surface area (Å²) >= 11 is 0. The first kappa shape index (κ1) is 19.8. The minimum absolute atomic E-state index is 0.153. The average molecular weight is 387 g/mol. The van der Waals surface area contributed by atoms with Crippen LogP contribution < -0.4 is 5.32 Å². The molecule has 0 radical (unpaired) electrons. The van der Waals surface area contributed by atoms with E-state index in [0.29, 0.717) is 25.4 Å². The number of rotatable bonds is 7. The Balaban J connectivity index is 1.83. The van der Waals surface area contributed by atoms with Crippen LogP contribution >= 0.6 is 0 Å². The van der Waals surface area contributed by atoms with Gasteiger partial charge >= 0.3 is 0 Å². The molecule has 8 heteroatoms. The van der Waals surface area contributed by atoms with E-state index in [9.17, 15) is 19.3 Å². The number of nitrogens with one attached hydrogen (secondary N) is 1. The van der Waals surface area contributed by atoms with Gasteiger partial charge < -0.3 is 15.0 Å². The van der Waals surface area contributed by atoms with E-state index in [1.807, 2.05) is 0 Å². The molecule has 1 amide bonds. The number of carbonyl (C=O) groups is 1. The Morgan fingerprint density at radius 1 is 1.32 bits per heavy atom. The Bertz CT molecular complexity index is 857. The van der Waals surface area contributed by atoms with E-state index in [4.69, 9.17) is 4.74 Å². The Morgan fingerprint density at radius 3 is 2.75 bits per heavy atom. The summed E-state index contributed by atoms with van der Waals surface area (Å²) in [6.07, 6.45) is 1.60. The highest BCUT2D eigenvalue weighted by molar-refractivity contribution is 5.96. The molecular weight excluding hydrogens is 365 g/mol. The molecule has 28 heavy (non-hydrogen) atoms. The van der Waals surface area contributed by atoms with Crippen LogP contribution in [0.5, 0.6) is 0 Å². The van der Waals surface area contributed by atoms with Crippen molar-refractivity contribution in [2.75, 3.05) is 32.1 Å². The number of halogens is 1. The van der Waals surface area contributed by atoms with Crippen molar-refractivity contribution in [1.29, 1.82) is 0 Å². The van der Waals surface area contributed by atoms with Gasteiger partial charge in [-0.3, -0.25) is 14.9 Å². The molecule has 2 aromatic carbocycles. The molecule has 0 aromatic heterocycles. The van der Waals surface area contributed by atoms with Crippen molar-refractivity contribution in [3.05, 3.63) is 69.5 Å². The highest BCUT2D eigenvalue weighted by Gasteiger charge is 2.31. The summed E-state index contributed by atoms with van der Waals surface area (Å²) < 4.78 is 18.1. The summed E-state index contributed by atoms with van der Waals surface area (Å²) in [5.41, 5.74) is 1.31. The van der Waals surface area contributed by atoms with E-state index in [0.717, 1.165) is 18.4 Å². The van der Waals surface area contributed by atoms with Crippen molar-refractivity contribution in [2.45, 2.75) is 18.9 Å². The summed E-state index contributed by atoms with van der Waals surface area (Å²) in [7, 11) is 1.55. The number of hydrogen-bond donors (Lipinski definition) is 1. The molecule has 1 N–H and O–H groups in total. The number of likely N-dealkylation sites (tertiary alicyclic amines) is 1. The van der Waals surface area contributed by atoms with Crippen LogP contribution in [0.25, 0.3) is 0 Å². The highest BCUT2D eigenvalue weighted by atomic mass is 19.1. The lowest BCUT2D eigenvalue weighted by Gasteiger charge is -2.25. The summed E-state index contributed by atoms with van der Waals surface area (Å²) in [5.74, 6) is -0.592. The number of ether oxygens (including phenoxy) is 1. The second-order valence-corrected chi connectivity index (χ2v) is 6.62. The van der Waals surface area contributed by atoms with Crippen LogP contribution in [0, 0.1) is 15.9 Å². The monoisotopic (exact) mass is 387 g/mol. The van der Waals surface area contributed by atoms with Crippen molar-refractivity contribution in [2.24, 2.45) is 0 Å². The van der Waals surface area contributed by atoms with Gasteiger partial charge in [-0.15, -0.1) is 0 Å². The van der Waals surface area contributed by atoms with Gasteiger partial charge in [-0.2, -0.15) is 0 Å². The Morgan fingerprint density at radius 2 is 2.07 bits per heavy atom. The van der Waals surface area contributed by atoms with Crippen LogP contribution in [0.1, 0.15) is 34.8 Å². The average Bonchev–Trinajstić information content (AvgIpc) is 3.18. The number of hydrogen-bond acceptors (Lipinski definition) is 5. The zero-order valence-electron chi connectivity index (χ0n) is 15.6. The van der Waals surface area contributed by atoms with E-state index in [2.05, 4.69) is 5.32 Å². The van der Waals surface area contributed by atoms with Gasteiger partial charge in [0.25, 0.3) is 11.6 Å². The van der Waals surface area contributed by atoms with Crippen molar-refractivity contribution < 1.29 is 18.8 Å². The number of nitro groups is 1. The maximum absolute atomic E-state index is 13.2. The number of nitro benzene ring substituents is 1. The fraction of sp³-hybridized carbons (Fsp3) is 0.350. The Kier molecular flexibility index (Phi) is 6.20. The van der Waals surface area contributed by atoms with E-state index in [-0.39, 0.29) is 29.0 Å². The summed E-state index contributed by atoms with van der Waals surface area (Å²) in [6.45, 7) is 1.39. The number of methoxy groups -OCH3 is 1. The first-order valence-electron chi connectivity index (χ1n) is 9.09. The number of carbonyl (C=O) groups excluding carboxylic acids is 1. The molecular formula is C20H22FN3O4. The zero-order chi connectivity index (χ0) is 20.1. The normalized spacial score (nSPS) is 16.2. The molecule has 1 heterocycles. The van der Waals surface area contributed by atoms with Gasteiger partial charge in [0.15, 0.2) is 0 Å². The molecule has 2 aromatic rings. The van der Waals surface area contributed by atoms with E-state index >= 15 is 0 Å². The minimum atomic E-state index is -0.507. The maximum Gasteiger partial charge on any atom is 0.293 e. The minimum Gasteiger partial charge on any atom is -0.383 e. The lowest BCUT2D eigenvalue weighted by Crippen LogP contribution is -2.30. The molecule has 148 valence electrons. The van der Waals surface area contributed by atoms with Gasteiger partial charge in [-0.05, 0) is 42.7 Å². The van der Waals surface area contributed by atoms with Crippen LogP contribution in [0.3, 0.4) is 0 Å². The molecule has 3 rings (SSSR count). The number of nitrogens with zero attached hydrogens (tertiary/aromatic N) is 2. The van der Waals surface area contributed by atoms with Gasteiger partial charge in [0.2, 0.25) is 0 Å². The van der Waals surface area contributed by atoms with E-state index in [1.54, 1.807) is 36.3 Å². The lowest BCUT2D eigenvalue weighted by molar-refractivity contribution is -0.384. The van der Waals surface area contributed by atoms with Gasteiger partial charge in [0, 0.05) is 31.8 Å². The van der Waals surface area contributed by atoms with Crippen LogP contribution in [0.4, 0.5) is 15.8 Å². The molecule has 7 nitrogen and oxygen atoms in total. The number of amides is 1. The number of benzene rings is 2. The highest BCUT2D eigenvalue weighted by Crippen LogP contribution is 2.34. The van der Waals surface area contributed by atoms with Gasteiger partial charge in [0.05, 0.1) is 17.6 Å². The van der Waals surface area contributed by atoms with Gasteiger partial charge in [-0.25, -0.2) is 4.39 Å². The molecule has 1 unspecified atom stereocenters. The van der Waals surface area contributed by atoms with Crippen molar-refractivity contribution >= 4 is 17.3 Å². The molecule has 0 bridgehead atoms. The molecule has 0 spiro atoms. The molecule has 1 aliphatic heterocycles. The standard InChI is InChI=1S/C20H22FN3O4/c1-28-12-10-22-17-9-6-15(13-19(17)24(26)27)20(25)23-11-2-3-18(23)14-4-7-16(21)8-5-14/h4-9,13,18,22H,2-3,10-12H2,1H3. The van der Waals surface area contributed by atoms with Crippen molar-refractivity contribution in [3.8, 4) is 0 Å². The van der Waals surface area contributed by atoms with E-state index in [1.165, 1.54) is 18.2 Å². The number of anilines is 1. The third-order valence-corrected chi connectivity index (χ3v) is 4.83. The molecule has 1 fully saturated rings. The first-order valence-corrected chi connectivity index (χ1v) is 9.09. The van der Waals surface area contributed by atoms with Crippen LogP contribution in [0.2, 0.25) is 0 Å². The predicted molar refractivity (Wildman–Crippen MR) is 103 cm³/mol. The fourth-order valence-corrected chi connectivity index (χ4v) is 3.46. The van der Waals surface area contributed by atoms with Gasteiger partial charge in [0.1, 0.15) is 11.5 Å². The largest absolute Gasteiger partial charge is 0.383 e. The molecule has 0 aliphatic carbocycles. The Labute approximate surface area is 162 Å². The van der Waals surface area contributed by atoms with Crippen molar-refractivity contribution in [1.82, 2.24) is 4.90 Å². The molecule has 1 saturated heterocycles. The van der Waals surface area contributed by atoms with Gasteiger partial charge in [-0.1, -0.05) is 12.1 Å². The predicted octanol–water partition coefficient (Wildman–Crippen LogP) is 3.77. The second-order valence-electron chi connectivity index (χ2n) is 6.62. The molecule has 0 saturated carbocycles. The zero-order valence-corrected chi connectivity index (χ0v) is 15.6. The molecule has 1 aliphatic rings. The third kappa shape index (κ3) is 4.28.